The monoisotopic (exact) mass is 725 g/mol. The van der Waals surface area contributed by atoms with E-state index in [0.29, 0.717) is 76.2 Å². The number of carbonyl (C=O) groups excluding carboxylic acids is 2. The fourth-order valence-electron chi connectivity index (χ4n) is 5.04. The Bertz CT molecular complexity index is 1530. The molecule has 0 bridgehead atoms. The second-order valence-electron chi connectivity index (χ2n) is 11.0. The van der Waals surface area contributed by atoms with Crippen LogP contribution in [-0.2, 0) is 25.5 Å². The van der Waals surface area contributed by atoms with Gasteiger partial charge in [-0.2, -0.15) is 4.99 Å². The number of thiocarbonyl (C=S) groups is 1. The SMILES string of the molecule is NCCOC(=O)c1cccc(CN(CCO)CCOCCOCCN(CCO)C(c2ccc(N=C=S)cc2)c2cccc(C(=O)OCCN)n2)n1. The maximum absolute atomic E-state index is 12.6. The van der Waals surface area contributed by atoms with Crippen molar-refractivity contribution in [3.8, 4) is 0 Å². The van der Waals surface area contributed by atoms with Crippen molar-refractivity contribution in [3.63, 3.8) is 0 Å². The number of ether oxygens (including phenoxy) is 4. The van der Waals surface area contributed by atoms with Gasteiger partial charge in [-0.15, -0.1) is 0 Å². The summed E-state index contributed by atoms with van der Waals surface area (Å²) >= 11 is 4.73. The minimum Gasteiger partial charge on any atom is -0.460 e. The maximum Gasteiger partial charge on any atom is 0.356 e. The van der Waals surface area contributed by atoms with Gasteiger partial charge in [0.1, 0.15) is 24.6 Å². The highest BCUT2D eigenvalue weighted by Crippen LogP contribution is 2.29. The first-order valence-electron chi connectivity index (χ1n) is 16.6. The van der Waals surface area contributed by atoms with Crippen LogP contribution in [0.1, 0.15) is 44.0 Å². The first kappa shape index (κ1) is 41.4. The van der Waals surface area contributed by atoms with E-state index in [0.717, 1.165) is 5.56 Å². The van der Waals surface area contributed by atoms with Crippen LogP contribution in [0.4, 0.5) is 5.69 Å². The number of carbonyl (C=O) groups is 2. The van der Waals surface area contributed by atoms with Gasteiger partial charge in [-0.3, -0.25) is 9.80 Å². The number of isothiocyanates is 1. The topological polar surface area (TPSA) is 208 Å². The molecule has 0 saturated carbocycles. The average molecular weight is 726 g/mol. The van der Waals surface area contributed by atoms with Crippen LogP contribution in [0.5, 0.6) is 0 Å². The number of esters is 2. The predicted octanol–water partition coefficient (Wildman–Crippen LogP) is 1.35. The van der Waals surface area contributed by atoms with Gasteiger partial charge in [0.25, 0.3) is 0 Å². The van der Waals surface area contributed by atoms with Crippen molar-refractivity contribution in [2.45, 2.75) is 12.6 Å². The van der Waals surface area contributed by atoms with E-state index < -0.39 is 18.0 Å². The summed E-state index contributed by atoms with van der Waals surface area (Å²) in [6.45, 7) is 3.94. The average Bonchev–Trinajstić information content (AvgIpc) is 3.15. The number of rotatable bonds is 25. The van der Waals surface area contributed by atoms with Crippen molar-refractivity contribution in [1.82, 2.24) is 19.8 Å². The zero-order chi connectivity index (χ0) is 36.7. The lowest BCUT2D eigenvalue weighted by Crippen LogP contribution is -2.36. The predicted molar refractivity (Wildman–Crippen MR) is 193 cm³/mol. The van der Waals surface area contributed by atoms with Gasteiger partial charge >= 0.3 is 11.9 Å². The summed E-state index contributed by atoms with van der Waals surface area (Å²) in [7, 11) is 0. The van der Waals surface area contributed by atoms with Crippen LogP contribution in [-0.4, -0.2) is 139 Å². The molecule has 0 fully saturated rings. The Labute approximate surface area is 303 Å². The van der Waals surface area contributed by atoms with Crippen molar-refractivity contribution < 1.29 is 38.7 Å². The molecule has 15 nitrogen and oxygen atoms in total. The molecule has 1 atom stereocenters. The third-order valence-corrected chi connectivity index (χ3v) is 7.45. The van der Waals surface area contributed by atoms with Gasteiger partial charge in [-0.05, 0) is 54.2 Å². The molecule has 276 valence electrons. The lowest BCUT2D eigenvalue weighted by molar-refractivity contribution is 0.0245. The van der Waals surface area contributed by atoms with E-state index in [4.69, 9.17) is 42.6 Å². The van der Waals surface area contributed by atoms with E-state index in [1.807, 2.05) is 40.1 Å². The lowest BCUT2D eigenvalue weighted by atomic mass is 10.00. The molecule has 1 unspecified atom stereocenters. The van der Waals surface area contributed by atoms with Crippen LogP contribution in [0.2, 0.25) is 0 Å². The Morgan fingerprint density at radius 2 is 1.37 bits per heavy atom. The van der Waals surface area contributed by atoms with Crippen molar-refractivity contribution >= 4 is 35.0 Å². The van der Waals surface area contributed by atoms with Gasteiger partial charge in [-0.1, -0.05) is 24.3 Å². The molecular formula is C35H47N7O8S. The van der Waals surface area contributed by atoms with Gasteiger partial charge in [0.15, 0.2) is 0 Å². The molecule has 1 aromatic carbocycles. The highest BCUT2D eigenvalue weighted by atomic mass is 32.1. The summed E-state index contributed by atoms with van der Waals surface area (Å²) < 4.78 is 21.9. The minimum absolute atomic E-state index is 0.0455. The van der Waals surface area contributed by atoms with Crippen LogP contribution >= 0.6 is 12.2 Å². The number of aliphatic hydroxyl groups excluding tert-OH is 2. The van der Waals surface area contributed by atoms with Gasteiger partial charge in [0.2, 0.25) is 0 Å². The van der Waals surface area contributed by atoms with Crippen LogP contribution in [0.3, 0.4) is 0 Å². The van der Waals surface area contributed by atoms with Gasteiger partial charge < -0.3 is 40.6 Å². The Balaban J connectivity index is 1.56. The first-order chi connectivity index (χ1) is 24.9. The zero-order valence-electron chi connectivity index (χ0n) is 28.6. The molecule has 0 aliphatic carbocycles. The normalized spacial score (nSPS) is 11.7. The molecule has 0 saturated heterocycles. The van der Waals surface area contributed by atoms with E-state index in [1.165, 1.54) is 0 Å². The second-order valence-corrected chi connectivity index (χ2v) is 11.2. The fraction of sp³-hybridized carbons (Fsp3) is 0.457. The van der Waals surface area contributed by atoms with Gasteiger partial charge in [0, 0.05) is 45.8 Å². The lowest BCUT2D eigenvalue weighted by Gasteiger charge is -2.31. The minimum atomic E-state index is -0.574. The summed E-state index contributed by atoms with van der Waals surface area (Å²) in [6.07, 6.45) is 0. The van der Waals surface area contributed by atoms with E-state index in [9.17, 15) is 19.8 Å². The molecule has 16 heteroatoms. The number of pyridine rings is 2. The molecule has 0 spiro atoms. The Hall–Kier alpha value is -4.06. The van der Waals surface area contributed by atoms with Crippen molar-refractivity contribution in [2.75, 3.05) is 92.1 Å². The molecule has 0 aliphatic rings. The second kappa shape index (κ2) is 24.2. The third kappa shape index (κ3) is 14.6. The van der Waals surface area contributed by atoms with E-state index in [1.54, 1.807) is 30.3 Å². The molecule has 0 aliphatic heterocycles. The van der Waals surface area contributed by atoms with Gasteiger partial charge in [-0.25, -0.2) is 19.6 Å². The number of nitrogens with zero attached hydrogens (tertiary/aromatic N) is 5. The van der Waals surface area contributed by atoms with Gasteiger partial charge in [0.05, 0.1) is 67.9 Å². The highest BCUT2D eigenvalue weighted by molar-refractivity contribution is 7.78. The Morgan fingerprint density at radius 1 is 0.765 bits per heavy atom. The van der Waals surface area contributed by atoms with Crippen molar-refractivity contribution in [2.24, 2.45) is 16.5 Å². The molecule has 6 N–H and O–H groups in total. The molecule has 51 heavy (non-hydrogen) atoms. The molecule has 3 aromatic rings. The number of nitrogens with two attached hydrogens (primary N) is 2. The van der Waals surface area contributed by atoms with Crippen LogP contribution in [0, 0.1) is 0 Å². The summed E-state index contributed by atoms with van der Waals surface area (Å²) in [5.74, 6) is -1.11. The summed E-state index contributed by atoms with van der Waals surface area (Å²) in [5.41, 5.74) is 14.0. The quantitative estimate of drug-likeness (QED) is 0.0421. The zero-order valence-corrected chi connectivity index (χ0v) is 29.4. The number of aliphatic imine (C=N–C) groups is 1. The first-order valence-corrected chi connectivity index (χ1v) is 17.0. The van der Waals surface area contributed by atoms with E-state index in [2.05, 4.69) is 20.1 Å². The molecule has 2 aromatic heterocycles. The number of aromatic nitrogens is 2. The van der Waals surface area contributed by atoms with Crippen molar-refractivity contribution in [3.05, 3.63) is 89.0 Å². The number of aliphatic hydroxyl groups is 2. The fourth-order valence-corrected chi connectivity index (χ4v) is 5.14. The molecule has 0 amide bonds. The number of hydrogen-bond donors (Lipinski definition) is 4. The number of benzene rings is 1. The third-order valence-electron chi connectivity index (χ3n) is 7.36. The number of hydrogen-bond acceptors (Lipinski definition) is 16. The summed E-state index contributed by atoms with van der Waals surface area (Å²) in [6, 6.07) is 17.2. The summed E-state index contributed by atoms with van der Waals surface area (Å²) in [4.78, 5) is 41.7. The van der Waals surface area contributed by atoms with Crippen LogP contribution in [0.15, 0.2) is 65.7 Å². The standard InChI is InChI=1S/C35H47N7O8S/c36-11-19-49-34(45)31-5-1-3-29(39-31)25-41(13-17-43)15-21-47-23-24-48-22-16-42(14-18-44)33(27-7-9-28(10-8-27)38-26-51)30-4-2-6-32(40-30)35(46)50-20-12-37/h1-10,33,43-44H,11-25,36-37H2. The molecule has 0 radical (unpaired) electrons. The Morgan fingerprint density at radius 3 is 1.98 bits per heavy atom. The summed E-state index contributed by atoms with van der Waals surface area (Å²) in [5, 5.41) is 21.9. The van der Waals surface area contributed by atoms with E-state index >= 15 is 0 Å². The molecular weight excluding hydrogens is 678 g/mol. The van der Waals surface area contributed by atoms with Crippen molar-refractivity contribution in [1.29, 1.82) is 0 Å². The highest BCUT2D eigenvalue weighted by Gasteiger charge is 2.25. The van der Waals surface area contributed by atoms with E-state index in [-0.39, 0.29) is 50.9 Å². The van der Waals surface area contributed by atoms with Crippen LogP contribution < -0.4 is 11.5 Å². The largest absolute Gasteiger partial charge is 0.460 e. The van der Waals surface area contributed by atoms with Crippen LogP contribution in [0.25, 0.3) is 0 Å². The Kier molecular flexibility index (Phi) is 19.6. The maximum atomic E-state index is 12.6. The molecule has 3 rings (SSSR count). The molecule has 2 heterocycles. The smallest absolute Gasteiger partial charge is 0.356 e.